The molecule has 0 saturated carbocycles. The Bertz CT molecular complexity index is 724. The molecule has 0 N–H and O–H groups in total. The van der Waals surface area contributed by atoms with E-state index in [-0.39, 0.29) is 5.56 Å². The van der Waals surface area contributed by atoms with Crippen molar-refractivity contribution in [2.45, 2.75) is 25.9 Å². The average molecular weight is 300 g/mol. The lowest BCUT2D eigenvalue weighted by molar-refractivity contribution is 0.102. The Kier molecular flexibility index (Phi) is 4.27. The summed E-state index contributed by atoms with van der Waals surface area (Å²) in [5, 5.41) is 0.730. The summed E-state index contributed by atoms with van der Waals surface area (Å²) in [6.07, 6.45) is 2.62. The van der Waals surface area contributed by atoms with Gasteiger partial charge in [0.2, 0.25) is 0 Å². The maximum atomic E-state index is 12.7. The van der Waals surface area contributed by atoms with Gasteiger partial charge in [0.05, 0.1) is 17.2 Å². The Balaban J connectivity index is 1.93. The van der Waals surface area contributed by atoms with Crippen molar-refractivity contribution in [3.8, 4) is 0 Å². The molecule has 1 atom stereocenters. The van der Waals surface area contributed by atoms with Crippen LogP contribution in [0.3, 0.4) is 0 Å². The molecular weight excluding hydrogens is 276 g/mol. The van der Waals surface area contributed by atoms with Crippen LogP contribution in [0.1, 0.15) is 12.5 Å². The van der Waals surface area contributed by atoms with Crippen molar-refractivity contribution in [3.05, 3.63) is 40.4 Å². The minimum atomic E-state index is 0.0712. The number of benzene rings is 1. The summed E-state index contributed by atoms with van der Waals surface area (Å²) < 4.78 is 1.77. The number of likely N-dealkylation sites (N-methyl/N-ethyl adjacent to an activating group) is 2. The van der Waals surface area contributed by atoms with Gasteiger partial charge in [0.25, 0.3) is 5.56 Å². The molecule has 0 unspecified atom stereocenters. The van der Waals surface area contributed by atoms with Gasteiger partial charge in [0.1, 0.15) is 0 Å². The molecule has 2 aromatic rings. The number of piperazine rings is 1. The number of nitrogens with zero attached hydrogens (tertiary/aromatic N) is 4. The van der Waals surface area contributed by atoms with Crippen molar-refractivity contribution in [1.82, 2.24) is 19.4 Å². The van der Waals surface area contributed by atoms with Gasteiger partial charge in [0.15, 0.2) is 0 Å². The zero-order chi connectivity index (χ0) is 15.7. The molecule has 1 aromatic heterocycles. The van der Waals surface area contributed by atoms with Gasteiger partial charge in [-0.15, -0.1) is 0 Å². The maximum absolute atomic E-state index is 12.7. The van der Waals surface area contributed by atoms with E-state index in [2.05, 4.69) is 35.8 Å². The summed E-state index contributed by atoms with van der Waals surface area (Å²) >= 11 is 0. The maximum Gasteiger partial charge on any atom is 0.261 e. The zero-order valence-electron chi connectivity index (χ0n) is 13.6. The number of aromatic nitrogens is 2. The fraction of sp³-hybridized carbons (Fsp3) is 0.529. The highest BCUT2D eigenvalue weighted by Crippen LogP contribution is 2.12. The average Bonchev–Trinajstić information content (AvgIpc) is 2.53. The van der Waals surface area contributed by atoms with E-state index in [9.17, 15) is 4.79 Å². The molecule has 1 aliphatic rings. The molecule has 1 aliphatic heterocycles. The van der Waals surface area contributed by atoms with Crippen molar-refractivity contribution >= 4 is 10.9 Å². The molecule has 1 aromatic carbocycles. The molecule has 1 fully saturated rings. The highest BCUT2D eigenvalue weighted by Gasteiger charge is 2.23. The molecule has 22 heavy (non-hydrogen) atoms. The van der Waals surface area contributed by atoms with Crippen molar-refractivity contribution in [2.75, 3.05) is 33.7 Å². The summed E-state index contributed by atoms with van der Waals surface area (Å²) in [6.45, 7) is 5.90. The van der Waals surface area contributed by atoms with E-state index < -0.39 is 0 Å². The predicted molar refractivity (Wildman–Crippen MR) is 89.3 cm³/mol. The van der Waals surface area contributed by atoms with Crippen molar-refractivity contribution < 1.29 is 0 Å². The van der Waals surface area contributed by atoms with E-state index in [1.54, 1.807) is 10.9 Å². The van der Waals surface area contributed by atoms with E-state index >= 15 is 0 Å². The molecule has 2 heterocycles. The first-order valence-electron chi connectivity index (χ1n) is 7.95. The van der Waals surface area contributed by atoms with E-state index in [1.807, 2.05) is 18.2 Å². The lowest BCUT2D eigenvalue weighted by Gasteiger charge is -2.37. The van der Waals surface area contributed by atoms with Gasteiger partial charge in [-0.05, 0) is 38.2 Å². The predicted octanol–water partition coefficient (Wildman–Crippen LogP) is 1.20. The molecule has 0 amide bonds. The van der Waals surface area contributed by atoms with Crippen LogP contribution in [0.25, 0.3) is 10.9 Å². The second kappa shape index (κ2) is 6.18. The topological polar surface area (TPSA) is 41.4 Å². The van der Waals surface area contributed by atoms with Gasteiger partial charge in [-0.2, -0.15) is 0 Å². The van der Waals surface area contributed by atoms with Crippen molar-refractivity contribution in [1.29, 1.82) is 0 Å². The SMILES string of the molecule is CCc1ccc2ncn(C[C@@H]3CN(C)CCN3C)c(=O)c2c1. The zero-order valence-corrected chi connectivity index (χ0v) is 13.6. The van der Waals surface area contributed by atoms with Crippen LogP contribution < -0.4 is 5.56 Å². The molecule has 0 aliphatic carbocycles. The first-order chi connectivity index (χ1) is 10.6. The largest absolute Gasteiger partial charge is 0.303 e. The van der Waals surface area contributed by atoms with Crippen LogP contribution in [0.15, 0.2) is 29.3 Å². The Morgan fingerprint density at radius 1 is 1.27 bits per heavy atom. The monoisotopic (exact) mass is 300 g/mol. The summed E-state index contributed by atoms with van der Waals surface area (Å²) in [4.78, 5) is 21.9. The van der Waals surface area contributed by atoms with Gasteiger partial charge in [-0.1, -0.05) is 13.0 Å². The van der Waals surface area contributed by atoms with Crippen LogP contribution in [0, 0.1) is 0 Å². The second-order valence-electron chi connectivity index (χ2n) is 6.30. The Morgan fingerprint density at radius 3 is 2.86 bits per heavy atom. The molecule has 0 bridgehead atoms. The fourth-order valence-electron chi connectivity index (χ4n) is 3.08. The molecule has 5 heteroatoms. The van der Waals surface area contributed by atoms with Crippen LogP contribution in [-0.4, -0.2) is 59.1 Å². The minimum Gasteiger partial charge on any atom is -0.303 e. The van der Waals surface area contributed by atoms with Crippen LogP contribution in [-0.2, 0) is 13.0 Å². The van der Waals surface area contributed by atoms with Crippen molar-refractivity contribution in [3.63, 3.8) is 0 Å². The van der Waals surface area contributed by atoms with E-state index in [0.29, 0.717) is 12.6 Å². The Hall–Kier alpha value is -1.72. The minimum absolute atomic E-state index is 0.0712. The standard InChI is InChI=1S/C17H24N4O/c1-4-13-5-6-16-15(9-13)17(22)21(12-18-16)11-14-10-19(2)7-8-20(14)3/h5-6,9,12,14H,4,7-8,10-11H2,1-3H3/t14-/m0/s1. The third kappa shape index (κ3) is 2.91. The summed E-state index contributed by atoms with van der Waals surface area (Å²) in [5.74, 6) is 0. The van der Waals surface area contributed by atoms with Crippen molar-refractivity contribution in [2.24, 2.45) is 0 Å². The van der Waals surface area contributed by atoms with E-state index in [0.717, 1.165) is 37.0 Å². The third-order valence-electron chi connectivity index (χ3n) is 4.68. The molecule has 5 nitrogen and oxygen atoms in total. The van der Waals surface area contributed by atoms with Crippen LogP contribution in [0.4, 0.5) is 0 Å². The van der Waals surface area contributed by atoms with Crippen LogP contribution in [0.2, 0.25) is 0 Å². The normalized spacial score (nSPS) is 20.6. The summed E-state index contributed by atoms with van der Waals surface area (Å²) in [5.41, 5.74) is 2.04. The van der Waals surface area contributed by atoms with Gasteiger partial charge >= 0.3 is 0 Å². The highest BCUT2D eigenvalue weighted by atomic mass is 16.1. The van der Waals surface area contributed by atoms with Gasteiger partial charge in [-0.25, -0.2) is 4.98 Å². The van der Waals surface area contributed by atoms with Gasteiger partial charge < -0.3 is 4.90 Å². The van der Waals surface area contributed by atoms with Crippen LogP contribution >= 0.6 is 0 Å². The molecule has 118 valence electrons. The quantitative estimate of drug-likeness (QED) is 0.854. The smallest absolute Gasteiger partial charge is 0.261 e. The number of aryl methyl sites for hydroxylation is 1. The third-order valence-corrected chi connectivity index (χ3v) is 4.68. The molecule has 0 radical (unpaired) electrons. The number of rotatable bonds is 3. The number of hydrogen-bond donors (Lipinski definition) is 0. The Labute approximate surface area is 131 Å². The summed E-state index contributed by atoms with van der Waals surface area (Å²) in [6, 6.07) is 6.33. The molecule has 1 saturated heterocycles. The van der Waals surface area contributed by atoms with Gasteiger partial charge in [-0.3, -0.25) is 14.3 Å². The van der Waals surface area contributed by atoms with E-state index in [1.165, 1.54) is 5.56 Å². The van der Waals surface area contributed by atoms with Gasteiger partial charge in [0, 0.05) is 32.2 Å². The molecule has 0 spiro atoms. The number of hydrogen-bond acceptors (Lipinski definition) is 4. The van der Waals surface area contributed by atoms with E-state index in [4.69, 9.17) is 0 Å². The first-order valence-corrected chi connectivity index (χ1v) is 7.95. The lowest BCUT2D eigenvalue weighted by Crippen LogP contribution is -2.52. The van der Waals surface area contributed by atoms with Crippen LogP contribution in [0.5, 0.6) is 0 Å². The first kappa shape index (κ1) is 15.2. The second-order valence-corrected chi connectivity index (χ2v) is 6.30. The number of fused-ring (bicyclic) bond motifs is 1. The fourth-order valence-corrected chi connectivity index (χ4v) is 3.08. The lowest BCUT2D eigenvalue weighted by atomic mass is 10.1. The molecule has 3 rings (SSSR count). The molecular formula is C17H24N4O. The highest BCUT2D eigenvalue weighted by molar-refractivity contribution is 5.78. The summed E-state index contributed by atoms with van der Waals surface area (Å²) in [7, 11) is 4.27. The Morgan fingerprint density at radius 2 is 2.09 bits per heavy atom.